The van der Waals surface area contributed by atoms with Gasteiger partial charge in [-0.05, 0) is 30.5 Å². The predicted octanol–water partition coefficient (Wildman–Crippen LogP) is 0.999. The molecule has 8 nitrogen and oxygen atoms in total. The van der Waals surface area contributed by atoms with Gasteiger partial charge in [0.2, 0.25) is 11.9 Å². The van der Waals surface area contributed by atoms with E-state index >= 15 is 0 Å². The summed E-state index contributed by atoms with van der Waals surface area (Å²) < 4.78 is 0. The summed E-state index contributed by atoms with van der Waals surface area (Å²) in [5.74, 6) is -0.904. The van der Waals surface area contributed by atoms with Crippen molar-refractivity contribution in [3.05, 3.63) is 57.5 Å². The number of H-pyrrole nitrogens is 1. The summed E-state index contributed by atoms with van der Waals surface area (Å²) in [5, 5.41) is 8.99. The summed E-state index contributed by atoms with van der Waals surface area (Å²) in [6.45, 7) is 1.21. The smallest absolute Gasteiger partial charge is 0.335 e. The fourth-order valence-corrected chi connectivity index (χ4v) is 3.26. The minimum absolute atomic E-state index is 0.00431. The molecule has 0 unspecified atom stereocenters. The van der Waals surface area contributed by atoms with Gasteiger partial charge in [-0.15, -0.1) is 0 Å². The van der Waals surface area contributed by atoms with Crippen molar-refractivity contribution < 1.29 is 14.7 Å². The van der Waals surface area contributed by atoms with Crippen molar-refractivity contribution in [2.45, 2.75) is 25.2 Å². The van der Waals surface area contributed by atoms with Crippen LogP contribution in [0.1, 0.15) is 40.4 Å². The second-order valence-electron chi connectivity index (χ2n) is 6.40. The molecule has 2 heterocycles. The van der Waals surface area contributed by atoms with Crippen LogP contribution >= 0.6 is 0 Å². The molecule has 0 saturated carbocycles. The number of carboxylic acid groups (broad SMARTS) is 1. The number of carboxylic acids is 1. The van der Waals surface area contributed by atoms with Crippen molar-refractivity contribution in [3.63, 3.8) is 0 Å². The number of benzene rings is 1. The number of carbonyl (C=O) groups is 2. The highest BCUT2D eigenvalue weighted by atomic mass is 16.4. The monoisotopic (exact) mass is 356 g/mol. The Kier molecular flexibility index (Phi) is 5.01. The molecule has 1 aromatic carbocycles. The Morgan fingerprint density at radius 3 is 2.69 bits per heavy atom. The Bertz CT molecular complexity index is 876. The summed E-state index contributed by atoms with van der Waals surface area (Å²) >= 11 is 0. The highest BCUT2D eigenvalue weighted by Gasteiger charge is 2.25. The summed E-state index contributed by atoms with van der Waals surface area (Å²) in [6.07, 6.45) is 1.83. The largest absolute Gasteiger partial charge is 0.478 e. The number of rotatable bonds is 4. The average molecular weight is 356 g/mol. The zero-order valence-corrected chi connectivity index (χ0v) is 14.1. The van der Waals surface area contributed by atoms with Crippen LogP contribution in [0, 0.1) is 0 Å². The molecule has 0 radical (unpaired) electrons. The molecular weight excluding hydrogens is 336 g/mol. The van der Waals surface area contributed by atoms with Crippen LogP contribution in [0.4, 0.5) is 5.95 Å². The maximum Gasteiger partial charge on any atom is 0.335 e. The molecule has 1 aromatic heterocycles. The molecule has 0 spiro atoms. The number of nitrogens with two attached hydrogens (primary N) is 1. The molecule has 1 saturated heterocycles. The Hall–Kier alpha value is -3.16. The highest BCUT2D eigenvalue weighted by molar-refractivity contribution is 5.87. The third-order valence-corrected chi connectivity index (χ3v) is 4.55. The van der Waals surface area contributed by atoms with E-state index < -0.39 is 5.97 Å². The molecule has 1 aliphatic heterocycles. The van der Waals surface area contributed by atoms with Crippen LogP contribution in [0.25, 0.3) is 0 Å². The first-order chi connectivity index (χ1) is 12.4. The van der Waals surface area contributed by atoms with Crippen molar-refractivity contribution in [2.75, 3.05) is 18.8 Å². The number of aromatic carboxylic acids is 1. The van der Waals surface area contributed by atoms with Crippen LogP contribution in [0.15, 0.2) is 35.1 Å². The molecule has 0 aliphatic carbocycles. The van der Waals surface area contributed by atoms with Gasteiger partial charge in [-0.3, -0.25) is 14.6 Å². The number of aromatic amines is 1. The van der Waals surface area contributed by atoms with Gasteiger partial charge < -0.3 is 15.7 Å². The zero-order valence-electron chi connectivity index (χ0n) is 14.1. The van der Waals surface area contributed by atoms with Gasteiger partial charge in [-0.2, -0.15) is 0 Å². The van der Waals surface area contributed by atoms with Gasteiger partial charge in [0.05, 0.1) is 17.7 Å². The number of piperidine rings is 1. The Labute approximate surface area is 149 Å². The van der Waals surface area contributed by atoms with Gasteiger partial charge in [-0.25, -0.2) is 9.78 Å². The topological polar surface area (TPSA) is 129 Å². The molecule has 8 heteroatoms. The molecule has 2 aromatic rings. The number of hydrogen-bond donors (Lipinski definition) is 3. The summed E-state index contributed by atoms with van der Waals surface area (Å²) in [5.41, 5.74) is 6.75. The molecule has 1 fully saturated rings. The van der Waals surface area contributed by atoms with Crippen molar-refractivity contribution >= 4 is 17.8 Å². The van der Waals surface area contributed by atoms with Gasteiger partial charge in [0.25, 0.3) is 5.56 Å². The SMILES string of the molecule is Nc1nc(CC(=O)N2CCC[C@H](c3ccc(C(=O)O)cc3)C2)cc(=O)[nH]1. The maximum atomic E-state index is 12.6. The van der Waals surface area contributed by atoms with Crippen LogP contribution < -0.4 is 11.3 Å². The lowest BCUT2D eigenvalue weighted by Crippen LogP contribution is -2.40. The van der Waals surface area contributed by atoms with Crippen LogP contribution in [-0.4, -0.2) is 44.9 Å². The van der Waals surface area contributed by atoms with E-state index in [0.717, 1.165) is 18.4 Å². The normalized spacial score (nSPS) is 17.1. The lowest BCUT2D eigenvalue weighted by molar-refractivity contribution is -0.131. The minimum Gasteiger partial charge on any atom is -0.478 e. The number of nitrogens with one attached hydrogen (secondary N) is 1. The molecule has 1 atom stereocenters. The molecule has 1 aliphatic rings. The highest BCUT2D eigenvalue weighted by Crippen LogP contribution is 2.27. The number of hydrogen-bond acceptors (Lipinski definition) is 5. The number of nitrogen functional groups attached to an aromatic ring is 1. The third kappa shape index (κ3) is 4.08. The van der Waals surface area contributed by atoms with Crippen LogP contribution in [0.5, 0.6) is 0 Å². The van der Waals surface area contributed by atoms with E-state index in [0.29, 0.717) is 18.8 Å². The van der Waals surface area contributed by atoms with Crippen molar-refractivity contribution in [3.8, 4) is 0 Å². The van der Waals surface area contributed by atoms with Crippen LogP contribution in [0.3, 0.4) is 0 Å². The first kappa shape index (κ1) is 17.7. The number of amides is 1. The minimum atomic E-state index is -0.957. The Morgan fingerprint density at radius 1 is 1.31 bits per heavy atom. The molecule has 0 bridgehead atoms. The molecule has 4 N–H and O–H groups in total. The van der Waals surface area contributed by atoms with Crippen LogP contribution in [-0.2, 0) is 11.2 Å². The van der Waals surface area contributed by atoms with E-state index in [1.807, 2.05) is 0 Å². The summed E-state index contributed by atoms with van der Waals surface area (Å²) in [7, 11) is 0. The first-order valence-corrected chi connectivity index (χ1v) is 8.39. The van der Waals surface area contributed by atoms with E-state index in [1.165, 1.54) is 6.07 Å². The second kappa shape index (κ2) is 7.38. The van der Waals surface area contributed by atoms with E-state index in [4.69, 9.17) is 10.8 Å². The zero-order chi connectivity index (χ0) is 18.7. The number of aromatic nitrogens is 2. The fraction of sp³-hybridized carbons (Fsp3) is 0.333. The van der Waals surface area contributed by atoms with Crippen molar-refractivity contribution in [1.29, 1.82) is 0 Å². The number of carbonyl (C=O) groups excluding carboxylic acids is 1. The molecule has 1 amide bonds. The lowest BCUT2D eigenvalue weighted by atomic mass is 9.90. The van der Waals surface area contributed by atoms with Gasteiger partial charge in [0.15, 0.2) is 0 Å². The number of anilines is 1. The number of nitrogens with zero attached hydrogens (tertiary/aromatic N) is 2. The van der Waals surface area contributed by atoms with E-state index in [9.17, 15) is 14.4 Å². The molecular formula is C18H20N4O4. The van der Waals surface area contributed by atoms with Crippen LogP contribution in [0.2, 0.25) is 0 Å². The van der Waals surface area contributed by atoms with Gasteiger partial charge >= 0.3 is 5.97 Å². The molecule has 136 valence electrons. The third-order valence-electron chi connectivity index (χ3n) is 4.55. The fourth-order valence-electron chi connectivity index (χ4n) is 3.26. The average Bonchev–Trinajstić information content (AvgIpc) is 2.61. The maximum absolute atomic E-state index is 12.6. The van der Waals surface area contributed by atoms with Gasteiger partial charge in [-0.1, -0.05) is 12.1 Å². The van der Waals surface area contributed by atoms with E-state index in [1.54, 1.807) is 29.2 Å². The van der Waals surface area contributed by atoms with Crippen molar-refractivity contribution in [1.82, 2.24) is 14.9 Å². The Morgan fingerprint density at radius 2 is 2.04 bits per heavy atom. The first-order valence-electron chi connectivity index (χ1n) is 8.39. The van der Waals surface area contributed by atoms with Gasteiger partial charge in [0, 0.05) is 25.1 Å². The van der Waals surface area contributed by atoms with E-state index in [2.05, 4.69) is 9.97 Å². The lowest BCUT2D eigenvalue weighted by Gasteiger charge is -2.33. The quantitative estimate of drug-likeness (QED) is 0.749. The van der Waals surface area contributed by atoms with E-state index in [-0.39, 0.29) is 35.3 Å². The van der Waals surface area contributed by atoms with Gasteiger partial charge in [0.1, 0.15) is 0 Å². The second-order valence-corrected chi connectivity index (χ2v) is 6.40. The molecule has 26 heavy (non-hydrogen) atoms. The summed E-state index contributed by atoms with van der Waals surface area (Å²) in [6, 6.07) is 8.06. The predicted molar refractivity (Wildman–Crippen MR) is 94.9 cm³/mol. The standard InChI is InChI=1S/C18H20N4O4/c19-18-20-14(8-15(23)21-18)9-16(24)22-7-1-2-13(10-22)11-3-5-12(6-4-11)17(25)26/h3-6,8,13H,1-2,7,9-10H2,(H,25,26)(H3,19,20,21,23)/t13-/m0/s1. The molecule has 3 rings (SSSR count). The number of likely N-dealkylation sites (tertiary alicyclic amines) is 1. The van der Waals surface area contributed by atoms with Crippen molar-refractivity contribution in [2.24, 2.45) is 0 Å². The Balaban J connectivity index is 1.68. The summed E-state index contributed by atoms with van der Waals surface area (Å²) in [4.78, 5) is 43.1.